The predicted octanol–water partition coefficient (Wildman–Crippen LogP) is 3.38. The molecule has 3 aromatic heterocycles. The summed E-state index contributed by atoms with van der Waals surface area (Å²) >= 11 is 3.31. The molecule has 1 aliphatic heterocycles. The summed E-state index contributed by atoms with van der Waals surface area (Å²) in [5, 5.41) is 4.01. The number of carbonyl (C=O) groups is 3. The lowest BCUT2D eigenvalue weighted by molar-refractivity contribution is -0.139. The van der Waals surface area contributed by atoms with Crippen LogP contribution in [0, 0.1) is 5.92 Å². The number of nitrogen functional groups attached to an aromatic ring is 1. The van der Waals surface area contributed by atoms with Crippen molar-refractivity contribution in [3.8, 4) is 0 Å². The van der Waals surface area contributed by atoms with E-state index in [-0.39, 0.29) is 36.1 Å². The van der Waals surface area contributed by atoms with Gasteiger partial charge < -0.3 is 25.3 Å². The molecule has 1 aliphatic rings. The topological polar surface area (TPSA) is 145 Å². The van der Waals surface area contributed by atoms with Gasteiger partial charge in [0, 0.05) is 11.4 Å². The number of likely N-dealkylation sites (tertiary alicyclic amines) is 1. The van der Waals surface area contributed by atoms with Crippen LogP contribution < -0.4 is 11.1 Å². The third kappa shape index (κ3) is 4.44. The van der Waals surface area contributed by atoms with Gasteiger partial charge in [0.05, 0.1) is 23.6 Å². The fourth-order valence-corrected chi connectivity index (χ4v) is 5.45. The van der Waals surface area contributed by atoms with Crippen LogP contribution in [-0.4, -0.2) is 61.4 Å². The van der Waals surface area contributed by atoms with Crippen molar-refractivity contribution < 1.29 is 19.1 Å². The number of nitrogens with zero attached hydrogens (tertiary/aromatic N) is 5. The first-order valence-electron chi connectivity index (χ1n) is 12.0. The Balaban J connectivity index is 1.51. The van der Waals surface area contributed by atoms with Gasteiger partial charge in [-0.05, 0) is 65.5 Å². The number of hydrogen-bond acceptors (Lipinski definition) is 8. The second-order valence-electron chi connectivity index (χ2n) is 9.37. The minimum atomic E-state index is -0.660. The number of benzene rings is 1. The number of amides is 2. The summed E-state index contributed by atoms with van der Waals surface area (Å²) in [6, 6.07) is 9.43. The van der Waals surface area contributed by atoms with Gasteiger partial charge in [-0.25, -0.2) is 19.7 Å². The highest BCUT2D eigenvalue weighted by molar-refractivity contribution is 9.10. The number of fused-ring (bicyclic) bond motifs is 3. The van der Waals surface area contributed by atoms with Crippen LogP contribution in [0.1, 0.15) is 30.6 Å². The van der Waals surface area contributed by atoms with Crippen molar-refractivity contribution in [1.82, 2.24) is 24.4 Å². The Morgan fingerprint density at radius 1 is 1.18 bits per heavy atom. The number of carbonyl (C=O) groups excluding carboxylic acids is 3. The summed E-state index contributed by atoms with van der Waals surface area (Å²) in [5.41, 5.74) is 7.66. The first kappa shape index (κ1) is 25.6. The zero-order chi connectivity index (χ0) is 27.1. The van der Waals surface area contributed by atoms with Crippen molar-refractivity contribution in [1.29, 1.82) is 0 Å². The van der Waals surface area contributed by atoms with Crippen LogP contribution in [0.5, 0.6) is 0 Å². The SMILES string of the molecule is COC(=O)c1ccc2c(c1)c1c(N)ncnc1n2CC(=O)N1[C@H](C)[C@H](C)C[C@H]1C(=O)Nc1cccc(Br)n1. The number of ether oxygens (including phenoxy) is 1. The third-order valence-electron chi connectivity index (χ3n) is 7.13. The fourth-order valence-electron chi connectivity index (χ4n) is 5.10. The van der Waals surface area contributed by atoms with E-state index in [1.165, 1.54) is 13.4 Å². The summed E-state index contributed by atoms with van der Waals surface area (Å²) < 4.78 is 7.20. The number of pyridine rings is 1. The summed E-state index contributed by atoms with van der Waals surface area (Å²) in [7, 11) is 1.31. The van der Waals surface area contributed by atoms with Crippen LogP contribution in [0.3, 0.4) is 0 Å². The molecule has 1 fully saturated rings. The lowest BCUT2D eigenvalue weighted by atomic mass is 10.0. The number of nitrogens with two attached hydrogens (primary N) is 1. The van der Waals surface area contributed by atoms with Gasteiger partial charge >= 0.3 is 5.97 Å². The minimum Gasteiger partial charge on any atom is -0.465 e. The highest BCUT2D eigenvalue weighted by Gasteiger charge is 2.43. The van der Waals surface area contributed by atoms with Gasteiger partial charge in [-0.2, -0.15) is 0 Å². The maximum atomic E-state index is 13.8. The predicted molar refractivity (Wildman–Crippen MR) is 145 cm³/mol. The molecule has 0 saturated carbocycles. The molecule has 0 unspecified atom stereocenters. The van der Waals surface area contributed by atoms with E-state index in [2.05, 4.69) is 36.2 Å². The molecule has 12 heteroatoms. The highest BCUT2D eigenvalue weighted by atomic mass is 79.9. The molecule has 3 N–H and O–H groups in total. The van der Waals surface area contributed by atoms with E-state index in [1.54, 1.807) is 45.9 Å². The van der Waals surface area contributed by atoms with Crippen LogP contribution in [-0.2, 0) is 20.9 Å². The van der Waals surface area contributed by atoms with Gasteiger partial charge in [0.15, 0.2) is 0 Å². The Morgan fingerprint density at radius 3 is 2.71 bits per heavy atom. The highest BCUT2D eigenvalue weighted by Crippen LogP contribution is 2.34. The van der Waals surface area contributed by atoms with Crippen LogP contribution in [0.25, 0.3) is 21.9 Å². The maximum absolute atomic E-state index is 13.8. The molecule has 0 radical (unpaired) electrons. The summed E-state index contributed by atoms with van der Waals surface area (Å²) in [6.07, 6.45) is 1.86. The Morgan fingerprint density at radius 2 is 1.97 bits per heavy atom. The van der Waals surface area contributed by atoms with Crippen LogP contribution in [0.2, 0.25) is 0 Å². The van der Waals surface area contributed by atoms with Crippen molar-refractivity contribution in [3.63, 3.8) is 0 Å². The number of methoxy groups -OCH3 is 1. The first-order chi connectivity index (χ1) is 18.2. The Bertz CT molecular complexity index is 1590. The molecular formula is C26H26BrN7O4. The quantitative estimate of drug-likeness (QED) is 0.270. The normalized spacial score (nSPS) is 19.2. The van der Waals surface area contributed by atoms with E-state index in [0.29, 0.717) is 44.3 Å². The Hall–Kier alpha value is -4.06. The van der Waals surface area contributed by atoms with E-state index in [1.807, 2.05) is 13.8 Å². The van der Waals surface area contributed by atoms with E-state index in [0.717, 1.165) is 0 Å². The van der Waals surface area contributed by atoms with Gasteiger partial charge in [0.2, 0.25) is 11.8 Å². The van der Waals surface area contributed by atoms with E-state index in [9.17, 15) is 14.4 Å². The standard InChI is InChI=1S/C26H26BrN7O4/c1-13-9-18(25(36)32-20-6-4-5-19(27)31-20)34(14(13)2)21(35)11-33-17-8-7-15(26(37)38-3)10-16(17)22-23(28)29-12-30-24(22)33/h4-8,10,12-14,18H,9,11H2,1-3H3,(H2,28,29,30)(H,31,32,36)/t13-,14-,18+/m1/s1. The number of hydrogen-bond donors (Lipinski definition) is 2. The molecule has 1 saturated heterocycles. The first-order valence-corrected chi connectivity index (χ1v) is 12.8. The number of halogens is 1. The largest absolute Gasteiger partial charge is 0.465 e. The molecule has 4 aromatic rings. The molecule has 0 bridgehead atoms. The number of nitrogens with one attached hydrogen (secondary N) is 1. The Labute approximate surface area is 226 Å². The molecule has 38 heavy (non-hydrogen) atoms. The summed E-state index contributed by atoms with van der Waals surface area (Å²) in [4.78, 5) is 53.7. The van der Waals surface area contributed by atoms with Gasteiger partial charge in [-0.3, -0.25) is 9.59 Å². The molecule has 3 atom stereocenters. The van der Waals surface area contributed by atoms with Crippen LogP contribution >= 0.6 is 15.9 Å². The Kier molecular flexibility index (Phi) is 6.74. The molecule has 0 spiro atoms. The zero-order valence-corrected chi connectivity index (χ0v) is 22.6. The van der Waals surface area contributed by atoms with Crippen LogP contribution in [0.4, 0.5) is 11.6 Å². The number of aromatic nitrogens is 4. The van der Waals surface area contributed by atoms with E-state index in [4.69, 9.17) is 10.5 Å². The molecular weight excluding hydrogens is 554 g/mol. The second kappa shape index (κ2) is 10.0. The molecule has 4 heterocycles. The average Bonchev–Trinajstić information content (AvgIpc) is 3.37. The number of rotatable bonds is 5. The van der Waals surface area contributed by atoms with E-state index < -0.39 is 12.0 Å². The summed E-state index contributed by atoms with van der Waals surface area (Å²) in [5.74, 6) is -0.277. The van der Waals surface area contributed by atoms with Gasteiger partial charge in [0.25, 0.3) is 0 Å². The lowest BCUT2D eigenvalue weighted by Gasteiger charge is -2.29. The second-order valence-corrected chi connectivity index (χ2v) is 10.2. The van der Waals surface area contributed by atoms with Gasteiger partial charge in [-0.15, -0.1) is 0 Å². The lowest BCUT2D eigenvalue weighted by Crippen LogP contribution is -2.47. The molecule has 5 rings (SSSR count). The zero-order valence-electron chi connectivity index (χ0n) is 21.0. The molecule has 0 aliphatic carbocycles. The van der Waals surface area contributed by atoms with Gasteiger partial charge in [0.1, 0.15) is 40.8 Å². The van der Waals surface area contributed by atoms with E-state index >= 15 is 0 Å². The van der Waals surface area contributed by atoms with Gasteiger partial charge in [-0.1, -0.05) is 13.0 Å². The molecule has 1 aromatic carbocycles. The number of anilines is 2. The number of esters is 1. The van der Waals surface area contributed by atoms with Crippen molar-refractivity contribution in [3.05, 3.63) is 52.9 Å². The van der Waals surface area contributed by atoms with Crippen molar-refractivity contribution in [2.45, 2.75) is 38.9 Å². The smallest absolute Gasteiger partial charge is 0.337 e. The monoisotopic (exact) mass is 579 g/mol. The van der Waals surface area contributed by atoms with Crippen molar-refractivity contribution in [2.24, 2.45) is 5.92 Å². The molecule has 11 nitrogen and oxygen atoms in total. The summed E-state index contributed by atoms with van der Waals surface area (Å²) in [6.45, 7) is 3.89. The van der Waals surface area contributed by atoms with Crippen LogP contribution in [0.15, 0.2) is 47.3 Å². The third-order valence-corrected chi connectivity index (χ3v) is 7.58. The molecule has 2 amide bonds. The average molecular weight is 580 g/mol. The van der Waals surface area contributed by atoms with Crippen molar-refractivity contribution >= 4 is 67.3 Å². The minimum absolute atomic E-state index is 0.0794. The molecule has 196 valence electrons. The maximum Gasteiger partial charge on any atom is 0.337 e. The van der Waals surface area contributed by atoms with Crippen molar-refractivity contribution in [2.75, 3.05) is 18.2 Å². The fraction of sp³-hybridized carbons (Fsp3) is 0.308.